The Labute approximate surface area is 244 Å². The van der Waals surface area contributed by atoms with Crippen LogP contribution in [0.4, 0.5) is 0 Å². The van der Waals surface area contributed by atoms with Crippen molar-refractivity contribution < 1.29 is 19.1 Å². The molecule has 1 aliphatic heterocycles. The number of carbonyl (C=O) groups excluding carboxylic acids is 2. The van der Waals surface area contributed by atoms with Gasteiger partial charge >= 0.3 is 0 Å². The highest BCUT2D eigenvalue weighted by Gasteiger charge is 2.48. The Morgan fingerprint density at radius 2 is 1.51 bits per heavy atom. The zero-order valence-corrected chi connectivity index (χ0v) is 25.4. The Hall–Kier alpha value is -3.60. The quantitative estimate of drug-likeness (QED) is 0.314. The molecule has 1 heterocycles. The number of nitrogens with zero attached hydrogens (tertiary/aromatic N) is 1. The van der Waals surface area contributed by atoms with E-state index in [9.17, 15) is 9.59 Å². The van der Waals surface area contributed by atoms with Crippen LogP contribution in [0, 0.1) is 10.8 Å². The van der Waals surface area contributed by atoms with Crippen LogP contribution in [0.5, 0.6) is 11.5 Å². The van der Waals surface area contributed by atoms with Gasteiger partial charge in [-0.25, -0.2) is 0 Å². The maximum Gasteiger partial charge on any atom is 0.165 e. The van der Waals surface area contributed by atoms with Crippen molar-refractivity contribution in [1.82, 2.24) is 4.90 Å². The van der Waals surface area contributed by atoms with E-state index in [0.717, 1.165) is 58.6 Å². The molecule has 2 aromatic carbocycles. The van der Waals surface area contributed by atoms with Gasteiger partial charge in [0, 0.05) is 53.4 Å². The summed E-state index contributed by atoms with van der Waals surface area (Å²) in [4.78, 5) is 30.3. The molecule has 0 unspecified atom stereocenters. The Kier molecular flexibility index (Phi) is 7.76. The topological polar surface area (TPSA) is 55.8 Å². The number of ether oxygens (including phenoxy) is 2. The van der Waals surface area contributed by atoms with E-state index in [4.69, 9.17) is 9.47 Å². The first-order valence-electron chi connectivity index (χ1n) is 14.8. The third kappa shape index (κ3) is 5.51. The summed E-state index contributed by atoms with van der Waals surface area (Å²) < 4.78 is 12.3. The molecule has 5 nitrogen and oxygen atoms in total. The van der Waals surface area contributed by atoms with Gasteiger partial charge in [0.2, 0.25) is 0 Å². The van der Waals surface area contributed by atoms with E-state index < -0.39 is 5.92 Å². The molecule has 0 bridgehead atoms. The predicted molar refractivity (Wildman–Crippen MR) is 163 cm³/mol. The summed E-state index contributed by atoms with van der Waals surface area (Å²) >= 11 is 0. The first kappa shape index (κ1) is 28.9. The molecule has 5 rings (SSSR count). The molecule has 3 aliphatic rings. The summed E-state index contributed by atoms with van der Waals surface area (Å²) in [7, 11) is 1.64. The van der Waals surface area contributed by atoms with Gasteiger partial charge in [-0.3, -0.25) is 9.59 Å². The second-order valence-electron chi connectivity index (χ2n) is 13.3. The summed E-state index contributed by atoms with van der Waals surface area (Å²) in [5, 5.41) is 0. The number of methoxy groups -OCH3 is 1. The first-order valence-corrected chi connectivity index (χ1v) is 14.8. The molecule has 0 radical (unpaired) electrons. The maximum atomic E-state index is 14.0. The number of Topliss-reactive ketones (excluding diaryl/α,β-unsaturated/α-hetero) is 2. The summed E-state index contributed by atoms with van der Waals surface area (Å²) in [6.07, 6.45) is 4.97. The van der Waals surface area contributed by atoms with Crippen LogP contribution in [0.15, 0.2) is 77.7 Å². The molecule has 41 heavy (non-hydrogen) atoms. The lowest BCUT2D eigenvalue weighted by molar-refractivity contribution is -0.119. The molecule has 5 heteroatoms. The molecule has 2 aromatic rings. The first-order chi connectivity index (χ1) is 19.5. The Morgan fingerprint density at radius 3 is 2.02 bits per heavy atom. The van der Waals surface area contributed by atoms with Crippen molar-refractivity contribution in [2.24, 2.45) is 10.8 Å². The minimum atomic E-state index is -0.421. The van der Waals surface area contributed by atoms with Crippen LogP contribution in [0.25, 0.3) is 0 Å². The lowest BCUT2D eigenvalue weighted by Crippen LogP contribution is -2.44. The molecular formula is C36H43NO4. The van der Waals surface area contributed by atoms with Gasteiger partial charge in [0.05, 0.1) is 7.11 Å². The molecule has 0 aromatic heterocycles. The second-order valence-corrected chi connectivity index (χ2v) is 13.3. The second kappa shape index (κ2) is 11.0. The van der Waals surface area contributed by atoms with Crippen LogP contribution in [0.3, 0.4) is 0 Å². The fraction of sp³-hybridized carbons (Fsp3) is 0.444. The maximum absolute atomic E-state index is 14.0. The van der Waals surface area contributed by atoms with E-state index in [1.807, 2.05) is 42.5 Å². The molecule has 0 saturated carbocycles. The zero-order valence-electron chi connectivity index (χ0n) is 25.4. The van der Waals surface area contributed by atoms with E-state index in [2.05, 4.69) is 52.2 Å². The van der Waals surface area contributed by atoms with E-state index in [1.54, 1.807) is 7.11 Å². The monoisotopic (exact) mass is 553 g/mol. The van der Waals surface area contributed by atoms with Crippen molar-refractivity contribution in [1.29, 1.82) is 0 Å². The Morgan fingerprint density at radius 1 is 0.927 bits per heavy atom. The minimum Gasteiger partial charge on any atom is -0.493 e. The van der Waals surface area contributed by atoms with Gasteiger partial charge in [-0.05, 0) is 54.2 Å². The number of rotatable bonds is 8. The van der Waals surface area contributed by atoms with Gasteiger partial charge in [0.25, 0.3) is 0 Å². The van der Waals surface area contributed by atoms with Crippen molar-refractivity contribution in [3.05, 3.63) is 94.4 Å². The van der Waals surface area contributed by atoms with E-state index >= 15 is 0 Å². The number of benzene rings is 2. The molecule has 0 fully saturated rings. The van der Waals surface area contributed by atoms with Crippen LogP contribution in [-0.4, -0.2) is 30.1 Å². The highest BCUT2D eigenvalue weighted by atomic mass is 16.5. The van der Waals surface area contributed by atoms with Crippen molar-refractivity contribution in [2.75, 3.05) is 13.7 Å². The highest BCUT2D eigenvalue weighted by Crippen LogP contribution is 2.55. The highest BCUT2D eigenvalue weighted by molar-refractivity contribution is 6.06. The lowest BCUT2D eigenvalue weighted by Gasteiger charge is -2.49. The SMILES string of the molecule is C=CCc1cc(C2C3=C(CC(C)(C)CC3=O)N(CC)C3=C2C(=O)CC(C)(C)C3)cc(OC)c1OCc1ccccc1. The summed E-state index contributed by atoms with van der Waals surface area (Å²) in [6, 6.07) is 14.1. The standard InChI is InChI=1S/C36H43NO4/c1-8-13-24-16-25(17-30(40-7)34(24)41-22-23-14-11-10-12-15-23)31-32-26(18-35(3,4)20-28(32)38)37(9-2)27-19-36(5,6)21-29(39)33(27)31/h8,10-12,14-17,31H,1,9,13,18-22H2,2-7H3. The van der Waals surface area contributed by atoms with Crippen molar-refractivity contribution in [2.45, 2.75) is 79.2 Å². The van der Waals surface area contributed by atoms with Gasteiger partial charge in [0.1, 0.15) is 6.61 Å². The zero-order chi connectivity index (χ0) is 29.5. The molecule has 0 atom stereocenters. The van der Waals surface area contributed by atoms with Gasteiger partial charge in [-0.15, -0.1) is 6.58 Å². The molecular weight excluding hydrogens is 510 g/mol. The van der Waals surface area contributed by atoms with Gasteiger partial charge in [0.15, 0.2) is 23.1 Å². The number of hydrogen-bond acceptors (Lipinski definition) is 5. The molecule has 0 N–H and O–H groups in total. The molecule has 0 saturated heterocycles. The fourth-order valence-electron chi connectivity index (χ4n) is 6.97. The van der Waals surface area contributed by atoms with E-state index in [1.165, 1.54) is 0 Å². The number of allylic oxidation sites excluding steroid dienone is 5. The summed E-state index contributed by atoms with van der Waals surface area (Å²) in [5.41, 5.74) is 6.34. The Balaban J connectivity index is 1.70. The smallest absolute Gasteiger partial charge is 0.165 e. The van der Waals surface area contributed by atoms with Gasteiger partial charge in [-0.1, -0.05) is 70.2 Å². The van der Waals surface area contributed by atoms with Crippen LogP contribution in [0.1, 0.15) is 82.9 Å². The molecule has 0 amide bonds. The van der Waals surface area contributed by atoms with Crippen molar-refractivity contribution in [3.8, 4) is 11.5 Å². The average molecular weight is 554 g/mol. The Bertz CT molecular complexity index is 1390. The summed E-state index contributed by atoms with van der Waals surface area (Å²) in [6.45, 7) is 15.9. The normalized spacial score (nSPS) is 20.1. The number of hydrogen-bond donors (Lipinski definition) is 0. The number of ketones is 2. The fourth-order valence-corrected chi connectivity index (χ4v) is 6.97. The van der Waals surface area contributed by atoms with Crippen molar-refractivity contribution in [3.63, 3.8) is 0 Å². The summed E-state index contributed by atoms with van der Waals surface area (Å²) in [5.74, 6) is 1.12. The molecule has 2 aliphatic carbocycles. The van der Waals surface area contributed by atoms with Gasteiger partial charge in [-0.2, -0.15) is 0 Å². The van der Waals surface area contributed by atoms with Crippen molar-refractivity contribution >= 4 is 11.6 Å². The number of carbonyl (C=O) groups is 2. The average Bonchev–Trinajstić information content (AvgIpc) is 2.90. The predicted octanol–water partition coefficient (Wildman–Crippen LogP) is 7.71. The van der Waals surface area contributed by atoms with Gasteiger partial charge < -0.3 is 14.4 Å². The van der Waals surface area contributed by atoms with E-state index in [0.29, 0.717) is 37.4 Å². The van der Waals surface area contributed by atoms with Crippen LogP contribution in [-0.2, 0) is 22.6 Å². The van der Waals surface area contributed by atoms with E-state index in [-0.39, 0.29) is 22.4 Å². The van der Waals surface area contributed by atoms with Crippen LogP contribution < -0.4 is 9.47 Å². The molecule has 0 spiro atoms. The third-order valence-corrected chi connectivity index (χ3v) is 8.64. The van der Waals surface area contributed by atoms with Crippen LogP contribution >= 0.6 is 0 Å². The lowest BCUT2D eigenvalue weighted by atomic mass is 9.63. The minimum absolute atomic E-state index is 0.137. The third-order valence-electron chi connectivity index (χ3n) is 8.64. The van der Waals surface area contributed by atoms with Crippen LogP contribution in [0.2, 0.25) is 0 Å². The largest absolute Gasteiger partial charge is 0.493 e. The molecule has 216 valence electrons.